The fraction of sp³-hybridized carbons (Fsp3) is 0.0909. The SMILES string of the molecule is Cc1oc(-c2cccs2)nc1CC(=O)Nc1ccc(S(=O)(=O)c2ccc([N+](=O)[O-])cc2)cc1. The molecular weight excluding hydrogens is 466 g/mol. The molecule has 0 unspecified atom stereocenters. The minimum Gasteiger partial charge on any atom is -0.440 e. The lowest BCUT2D eigenvalue weighted by molar-refractivity contribution is -0.384. The molecule has 0 radical (unpaired) electrons. The van der Waals surface area contributed by atoms with Crippen LogP contribution in [0.15, 0.2) is 80.3 Å². The van der Waals surface area contributed by atoms with Crippen LogP contribution < -0.4 is 5.32 Å². The zero-order valence-corrected chi connectivity index (χ0v) is 18.9. The van der Waals surface area contributed by atoms with Gasteiger partial charge < -0.3 is 9.73 Å². The number of thiophene rings is 1. The lowest BCUT2D eigenvalue weighted by atomic mass is 10.2. The number of nitrogens with one attached hydrogen (secondary N) is 1. The summed E-state index contributed by atoms with van der Waals surface area (Å²) in [5.74, 6) is 0.694. The van der Waals surface area contributed by atoms with E-state index in [4.69, 9.17) is 4.42 Å². The number of hydrogen-bond acceptors (Lipinski definition) is 8. The lowest BCUT2D eigenvalue weighted by Gasteiger charge is -2.07. The predicted molar refractivity (Wildman–Crippen MR) is 122 cm³/mol. The number of aryl methyl sites for hydroxylation is 1. The second kappa shape index (κ2) is 8.96. The number of hydrogen-bond donors (Lipinski definition) is 1. The molecule has 0 atom stereocenters. The molecule has 0 spiro atoms. The van der Waals surface area contributed by atoms with Gasteiger partial charge in [-0.25, -0.2) is 13.4 Å². The first-order valence-electron chi connectivity index (χ1n) is 9.63. The van der Waals surface area contributed by atoms with E-state index >= 15 is 0 Å². The highest BCUT2D eigenvalue weighted by atomic mass is 32.2. The van der Waals surface area contributed by atoms with Crippen molar-refractivity contribution in [2.45, 2.75) is 23.1 Å². The molecule has 2 aromatic carbocycles. The quantitative estimate of drug-likeness (QED) is 0.299. The van der Waals surface area contributed by atoms with E-state index < -0.39 is 14.8 Å². The fourth-order valence-corrected chi connectivity index (χ4v) is 4.97. The van der Waals surface area contributed by atoms with E-state index in [1.807, 2.05) is 17.5 Å². The van der Waals surface area contributed by atoms with Crippen molar-refractivity contribution in [3.8, 4) is 10.8 Å². The maximum Gasteiger partial charge on any atom is 0.269 e. The Morgan fingerprint density at radius 3 is 2.30 bits per heavy atom. The zero-order valence-electron chi connectivity index (χ0n) is 17.2. The smallest absolute Gasteiger partial charge is 0.269 e. The summed E-state index contributed by atoms with van der Waals surface area (Å²) >= 11 is 1.49. The van der Waals surface area contributed by atoms with Crippen LogP contribution in [0.1, 0.15) is 11.5 Å². The fourth-order valence-electron chi connectivity index (χ4n) is 3.06. The molecular formula is C22H17N3O6S2. The van der Waals surface area contributed by atoms with Gasteiger partial charge in [-0.1, -0.05) is 6.07 Å². The number of carbonyl (C=O) groups excluding carboxylic acids is 1. The number of benzene rings is 2. The highest BCUT2D eigenvalue weighted by Crippen LogP contribution is 2.27. The molecule has 1 N–H and O–H groups in total. The number of carbonyl (C=O) groups is 1. The van der Waals surface area contributed by atoms with E-state index in [0.29, 0.717) is 23.0 Å². The summed E-state index contributed by atoms with van der Waals surface area (Å²) in [5.41, 5.74) is 0.743. The molecule has 9 nitrogen and oxygen atoms in total. The van der Waals surface area contributed by atoms with Crippen LogP contribution in [0.2, 0.25) is 0 Å². The van der Waals surface area contributed by atoms with Crippen LogP contribution in [0.5, 0.6) is 0 Å². The van der Waals surface area contributed by atoms with Gasteiger partial charge in [0.05, 0.1) is 31.7 Å². The maximum atomic E-state index is 12.8. The minimum absolute atomic E-state index is 0.00212. The van der Waals surface area contributed by atoms with Crippen LogP contribution in [-0.2, 0) is 21.1 Å². The molecule has 11 heteroatoms. The van der Waals surface area contributed by atoms with Crippen molar-refractivity contribution in [3.05, 3.63) is 87.6 Å². The van der Waals surface area contributed by atoms with Gasteiger partial charge in [-0.15, -0.1) is 11.3 Å². The van der Waals surface area contributed by atoms with E-state index in [9.17, 15) is 23.3 Å². The van der Waals surface area contributed by atoms with Crippen molar-refractivity contribution in [1.82, 2.24) is 4.98 Å². The van der Waals surface area contributed by atoms with Crippen LogP contribution in [0.4, 0.5) is 11.4 Å². The summed E-state index contributed by atoms with van der Waals surface area (Å²) in [7, 11) is -3.86. The van der Waals surface area contributed by atoms with Gasteiger partial charge in [-0.3, -0.25) is 14.9 Å². The van der Waals surface area contributed by atoms with Gasteiger partial charge in [0.15, 0.2) is 0 Å². The molecule has 168 valence electrons. The topological polar surface area (TPSA) is 132 Å². The van der Waals surface area contributed by atoms with Gasteiger partial charge in [-0.2, -0.15) is 0 Å². The summed E-state index contributed by atoms with van der Waals surface area (Å²) in [4.78, 5) is 27.8. The van der Waals surface area contributed by atoms with Crippen molar-refractivity contribution < 1.29 is 22.6 Å². The third-order valence-electron chi connectivity index (χ3n) is 4.76. The molecule has 1 amide bonds. The van der Waals surface area contributed by atoms with Gasteiger partial charge in [0, 0.05) is 17.8 Å². The lowest BCUT2D eigenvalue weighted by Crippen LogP contribution is -2.15. The molecule has 33 heavy (non-hydrogen) atoms. The Balaban J connectivity index is 1.44. The normalized spacial score (nSPS) is 11.3. The Hall–Kier alpha value is -3.83. The van der Waals surface area contributed by atoms with Crippen molar-refractivity contribution in [2.24, 2.45) is 0 Å². The zero-order chi connectivity index (χ0) is 23.6. The number of nitro benzene ring substituents is 1. The number of non-ortho nitro benzene ring substituents is 1. The number of rotatable bonds is 7. The monoisotopic (exact) mass is 483 g/mol. The van der Waals surface area contributed by atoms with Crippen LogP contribution in [0.25, 0.3) is 10.8 Å². The standard InChI is InChI=1S/C22H17N3O6S2/c1-14-19(24-22(31-14)20-3-2-12-32-20)13-21(26)23-15-4-8-17(9-5-15)33(29,30)18-10-6-16(7-11-18)25(27)28/h2-12H,13H2,1H3,(H,23,26). The molecule has 0 bridgehead atoms. The summed E-state index contributed by atoms with van der Waals surface area (Å²) in [6, 6.07) is 14.1. The second-order valence-corrected chi connectivity index (χ2v) is 9.90. The molecule has 2 aromatic heterocycles. The summed E-state index contributed by atoms with van der Waals surface area (Å²) < 4.78 is 31.1. The Labute approximate surface area is 192 Å². The number of anilines is 1. The van der Waals surface area contributed by atoms with E-state index in [1.54, 1.807) is 6.92 Å². The molecule has 2 heterocycles. The molecule has 0 fully saturated rings. The molecule has 4 rings (SSSR count). The van der Waals surface area contributed by atoms with Crippen LogP contribution in [0, 0.1) is 17.0 Å². The molecule has 0 saturated heterocycles. The Kier molecular flexibility index (Phi) is 6.07. The molecule has 0 aliphatic heterocycles. The summed E-state index contributed by atoms with van der Waals surface area (Å²) in [6.07, 6.45) is 0.00353. The predicted octanol–water partition coefficient (Wildman–Crippen LogP) is 4.63. The third kappa shape index (κ3) is 4.83. The summed E-state index contributed by atoms with van der Waals surface area (Å²) in [5, 5.41) is 15.4. The number of nitrogens with zero attached hydrogens (tertiary/aromatic N) is 2. The van der Waals surface area contributed by atoms with Crippen LogP contribution >= 0.6 is 11.3 Å². The number of sulfone groups is 1. The van der Waals surface area contributed by atoms with Crippen LogP contribution in [0.3, 0.4) is 0 Å². The average Bonchev–Trinajstić information content (AvgIpc) is 3.44. The van der Waals surface area contributed by atoms with Crippen molar-refractivity contribution >= 4 is 38.5 Å². The summed E-state index contributed by atoms with van der Waals surface area (Å²) in [6.45, 7) is 1.74. The Morgan fingerprint density at radius 1 is 1.09 bits per heavy atom. The Bertz CT molecular complexity index is 1410. The molecule has 4 aromatic rings. The van der Waals surface area contributed by atoms with Crippen molar-refractivity contribution in [2.75, 3.05) is 5.32 Å². The molecule has 0 aliphatic rings. The first-order chi connectivity index (χ1) is 15.7. The largest absolute Gasteiger partial charge is 0.440 e. The number of aromatic nitrogens is 1. The average molecular weight is 484 g/mol. The van der Waals surface area contributed by atoms with Crippen molar-refractivity contribution in [1.29, 1.82) is 0 Å². The highest BCUT2D eigenvalue weighted by Gasteiger charge is 2.19. The Morgan fingerprint density at radius 2 is 1.73 bits per heavy atom. The third-order valence-corrected chi connectivity index (χ3v) is 7.40. The first-order valence-corrected chi connectivity index (χ1v) is 12.0. The minimum atomic E-state index is -3.86. The molecule has 0 aliphatic carbocycles. The van der Waals surface area contributed by atoms with Gasteiger partial charge in [-0.05, 0) is 54.8 Å². The number of oxazole rings is 1. The van der Waals surface area contributed by atoms with E-state index in [2.05, 4.69) is 10.3 Å². The maximum absolute atomic E-state index is 12.8. The van der Waals surface area contributed by atoms with Gasteiger partial charge in [0.1, 0.15) is 5.76 Å². The van der Waals surface area contributed by atoms with E-state index in [1.165, 1.54) is 47.7 Å². The first kappa shape index (κ1) is 22.4. The number of nitro groups is 1. The molecule has 0 saturated carbocycles. The van der Waals surface area contributed by atoms with Gasteiger partial charge in [0.2, 0.25) is 21.6 Å². The second-order valence-electron chi connectivity index (χ2n) is 7.00. The van der Waals surface area contributed by atoms with Gasteiger partial charge >= 0.3 is 0 Å². The van der Waals surface area contributed by atoms with Crippen LogP contribution in [-0.4, -0.2) is 24.2 Å². The van der Waals surface area contributed by atoms with Gasteiger partial charge in [0.25, 0.3) is 5.69 Å². The van der Waals surface area contributed by atoms with E-state index in [0.717, 1.165) is 17.0 Å². The van der Waals surface area contributed by atoms with Crippen molar-refractivity contribution in [3.63, 3.8) is 0 Å². The number of amides is 1. The van der Waals surface area contributed by atoms with E-state index in [-0.39, 0.29) is 27.8 Å². The highest BCUT2D eigenvalue weighted by molar-refractivity contribution is 7.91.